The van der Waals surface area contributed by atoms with Crippen LogP contribution in [0, 0.1) is 6.92 Å². The lowest BCUT2D eigenvalue weighted by molar-refractivity contribution is -0.119. The molecule has 1 aromatic heterocycles. The number of aromatic nitrogens is 1. The summed E-state index contributed by atoms with van der Waals surface area (Å²) in [4.78, 5) is 26.4. The van der Waals surface area contributed by atoms with Crippen LogP contribution >= 0.6 is 11.6 Å². The number of halogens is 1. The van der Waals surface area contributed by atoms with Crippen molar-refractivity contribution < 1.29 is 14.0 Å². The number of nitrogens with zero attached hydrogens (tertiary/aromatic N) is 1. The fourth-order valence-electron chi connectivity index (χ4n) is 1.14. The van der Waals surface area contributed by atoms with Crippen LogP contribution in [0.2, 0.25) is 0 Å². The van der Waals surface area contributed by atoms with E-state index in [9.17, 15) is 9.59 Å². The smallest absolute Gasteiger partial charge is 0.322 e. The van der Waals surface area contributed by atoms with Crippen LogP contribution in [0.25, 0.3) is 0 Å². The number of hydrogen-bond acceptors (Lipinski definition) is 4. The molecule has 0 aliphatic rings. The zero-order chi connectivity index (χ0) is 12.8. The lowest BCUT2D eigenvalue weighted by atomic mass is 10.3. The van der Waals surface area contributed by atoms with Gasteiger partial charge in [0.15, 0.2) is 0 Å². The Morgan fingerprint density at radius 3 is 2.82 bits per heavy atom. The van der Waals surface area contributed by atoms with Gasteiger partial charge in [-0.3, -0.25) is 10.1 Å². The summed E-state index contributed by atoms with van der Waals surface area (Å²) in [6.45, 7) is 3.46. The molecule has 94 valence electrons. The van der Waals surface area contributed by atoms with Gasteiger partial charge in [0.2, 0.25) is 11.8 Å². The van der Waals surface area contributed by atoms with E-state index in [2.05, 4.69) is 15.6 Å². The number of carbonyl (C=O) groups is 2. The number of oxazole rings is 1. The van der Waals surface area contributed by atoms with Gasteiger partial charge in [0, 0.05) is 12.3 Å². The van der Waals surface area contributed by atoms with E-state index in [0.717, 1.165) is 0 Å². The van der Waals surface area contributed by atoms with E-state index < -0.39 is 18.0 Å². The van der Waals surface area contributed by atoms with Gasteiger partial charge in [-0.05, 0) is 13.8 Å². The molecule has 1 aromatic rings. The molecule has 0 bridgehead atoms. The third-order valence-corrected chi connectivity index (χ3v) is 2.12. The Morgan fingerprint density at radius 2 is 2.29 bits per heavy atom. The van der Waals surface area contributed by atoms with Crippen molar-refractivity contribution in [2.75, 3.05) is 5.88 Å². The third kappa shape index (κ3) is 4.44. The summed E-state index contributed by atoms with van der Waals surface area (Å²) < 4.78 is 5.24. The molecule has 0 aromatic carbocycles. The molecule has 3 amide bonds. The normalized spacial score (nSPS) is 11.9. The average Bonchev–Trinajstić information content (AvgIpc) is 2.64. The van der Waals surface area contributed by atoms with Crippen molar-refractivity contribution in [3.63, 3.8) is 0 Å². The summed E-state index contributed by atoms with van der Waals surface area (Å²) >= 11 is 5.37. The second-order valence-electron chi connectivity index (χ2n) is 3.49. The van der Waals surface area contributed by atoms with Crippen LogP contribution in [0.5, 0.6) is 0 Å². The highest BCUT2D eigenvalue weighted by atomic mass is 35.5. The van der Waals surface area contributed by atoms with Crippen molar-refractivity contribution in [2.45, 2.75) is 26.3 Å². The van der Waals surface area contributed by atoms with E-state index in [-0.39, 0.29) is 12.3 Å². The second-order valence-corrected chi connectivity index (χ2v) is 3.87. The first-order valence-corrected chi connectivity index (χ1v) is 5.65. The van der Waals surface area contributed by atoms with Crippen molar-refractivity contribution in [1.82, 2.24) is 15.6 Å². The van der Waals surface area contributed by atoms with Crippen molar-refractivity contribution in [3.05, 3.63) is 17.8 Å². The van der Waals surface area contributed by atoms with Crippen molar-refractivity contribution in [1.29, 1.82) is 0 Å². The largest absolute Gasteiger partial charge is 0.444 e. The van der Waals surface area contributed by atoms with Gasteiger partial charge in [-0.15, -0.1) is 11.6 Å². The molecule has 0 spiro atoms. The average molecular weight is 260 g/mol. The highest BCUT2D eigenvalue weighted by Crippen LogP contribution is 2.11. The van der Waals surface area contributed by atoms with Crippen LogP contribution in [0.1, 0.15) is 31.0 Å². The molecule has 2 N–H and O–H groups in total. The number of hydrogen-bond donors (Lipinski definition) is 2. The summed E-state index contributed by atoms with van der Waals surface area (Å²) in [6.07, 6.45) is 1.66. The number of amides is 3. The number of imide groups is 1. The lowest BCUT2D eigenvalue weighted by Crippen LogP contribution is -2.40. The SMILES string of the molecule is Cc1cnc(C(C)NC(=O)NC(=O)CCCl)o1. The van der Waals surface area contributed by atoms with E-state index in [1.807, 2.05) is 0 Å². The highest BCUT2D eigenvalue weighted by Gasteiger charge is 2.15. The van der Waals surface area contributed by atoms with Crippen molar-refractivity contribution >= 4 is 23.5 Å². The molecule has 0 aliphatic carbocycles. The summed E-state index contributed by atoms with van der Waals surface area (Å²) in [5, 5.41) is 4.67. The summed E-state index contributed by atoms with van der Waals surface area (Å²) in [5.41, 5.74) is 0. The molecular formula is C10H14ClN3O3. The predicted molar refractivity (Wildman–Crippen MR) is 61.7 cm³/mol. The number of alkyl halides is 1. The Balaban J connectivity index is 2.43. The van der Waals surface area contributed by atoms with E-state index in [1.54, 1.807) is 20.0 Å². The third-order valence-electron chi connectivity index (χ3n) is 1.93. The molecule has 1 unspecified atom stereocenters. The maximum absolute atomic E-state index is 11.4. The zero-order valence-electron chi connectivity index (χ0n) is 9.62. The maximum atomic E-state index is 11.4. The lowest BCUT2D eigenvalue weighted by Gasteiger charge is -2.10. The Bertz CT molecular complexity index is 405. The van der Waals surface area contributed by atoms with Crippen molar-refractivity contribution in [3.8, 4) is 0 Å². The zero-order valence-corrected chi connectivity index (χ0v) is 10.4. The minimum Gasteiger partial charge on any atom is -0.444 e. The first-order valence-electron chi connectivity index (χ1n) is 5.11. The van der Waals surface area contributed by atoms with Crippen LogP contribution < -0.4 is 10.6 Å². The maximum Gasteiger partial charge on any atom is 0.322 e. The minimum absolute atomic E-state index is 0.0987. The Hall–Kier alpha value is -1.56. The molecule has 0 fully saturated rings. The predicted octanol–water partition coefficient (Wildman–Crippen LogP) is 1.50. The molecule has 7 heteroatoms. The monoisotopic (exact) mass is 259 g/mol. The fraction of sp³-hybridized carbons (Fsp3) is 0.500. The molecule has 1 rings (SSSR count). The van der Waals surface area contributed by atoms with E-state index in [1.165, 1.54) is 0 Å². The first-order chi connectivity index (χ1) is 8.02. The van der Waals surface area contributed by atoms with Crippen molar-refractivity contribution in [2.24, 2.45) is 0 Å². The standard InChI is InChI=1S/C10H14ClN3O3/c1-6-5-12-9(17-6)7(2)13-10(16)14-8(15)3-4-11/h5,7H,3-4H2,1-2H3,(H2,13,14,15,16). The number of rotatable bonds is 4. The molecule has 6 nitrogen and oxygen atoms in total. The van der Waals surface area contributed by atoms with E-state index in [0.29, 0.717) is 11.7 Å². The Kier molecular flexibility index (Phi) is 4.96. The molecule has 0 aliphatic heterocycles. The molecule has 0 saturated carbocycles. The summed E-state index contributed by atoms with van der Waals surface area (Å²) in [7, 11) is 0. The quantitative estimate of drug-likeness (QED) is 0.803. The van der Waals surface area contributed by atoms with Gasteiger partial charge < -0.3 is 9.73 Å². The minimum atomic E-state index is -0.594. The fourth-order valence-corrected chi connectivity index (χ4v) is 1.31. The highest BCUT2D eigenvalue weighted by molar-refractivity contribution is 6.19. The van der Waals surface area contributed by atoms with Crippen LogP contribution in [0.15, 0.2) is 10.6 Å². The molecule has 0 radical (unpaired) electrons. The van der Waals surface area contributed by atoms with Gasteiger partial charge in [-0.2, -0.15) is 0 Å². The van der Waals surface area contributed by atoms with Gasteiger partial charge in [0.1, 0.15) is 11.8 Å². The van der Waals surface area contributed by atoms with Crippen LogP contribution in [-0.2, 0) is 4.79 Å². The number of nitrogens with one attached hydrogen (secondary N) is 2. The molecule has 1 heterocycles. The van der Waals surface area contributed by atoms with Gasteiger partial charge in [-0.1, -0.05) is 0 Å². The molecule has 1 atom stereocenters. The number of carbonyl (C=O) groups excluding carboxylic acids is 2. The molecule has 0 saturated heterocycles. The summed E-state index contributed by atoms with van der Waals surface area (Å²) in [6, 6.07) is -1.00. The Labute approximate surface area is 104 Å². The number of urea groups is 1. The molecule has 17 heavy (non-hydrogen) atoms. The number of aryl methyl sites for hydroxylation is 1. The van der Waals surface area contributed by atoms with Crippen LogP contribution in [-0.4, -0.2) is 22.8 Å². The summed E-state index contributed by atoms with van der Waals surface area (Å²) in [5.74, 6) is 0.802. The van der Waals surface area contributed by atoms with Gasteiger partial charge in [0.05, 0.1) is 6.20 Å². The van der Waals surface area contributed by atoms with E-state index >= 15 is 0 Å². The first kappa shape index (κ1) is 13.5. The van der Waals surface area contributed by atoms with Gasteiger partial charge in [0.25, 0.3) is 0 Å². The molecular weight excluding hydrogens is 246 g/mol. The van der Waals surface area contributed by atoms with Crippen LogP contribution in [0.4, 0.5) is 4.79 Å². The van der Waals surface area contributed by atoms with Gasteiger partial charge >= 0.3 is 6.03 Å². The second kappa shape index (κ2) is 6.24. The van der Waals surface area contributed by atoms with E-state index in [4.69, 9.17) is 16.0 Å². The Morgan fingerprint density at radius 1 is 1.59 bits per heavy atom. The van der Waals surface area contributed by atoms with Crippen LogP contribution in [0.3, 0.4) is 0 Å². The van der Waals surface area contributed by atoms with Gasteiger partial charge in [-0.25, -0.2) is 9.78 Å². The topological polar surface area (TPSA) is 84.2 Å².